The van der Waals surface area contributed by atoms with Crippen molar-refractivity contribution in [1.29, 1.82) is 0 Å². The number of carbonyl (C=O) groups excluding carboxylic acids is 2. The molecule has 0 bridgehead atoms. The fourth-order valence-electron chi connectivity index (χ4n) is 3.44. The van der Waals surface area contributed by atoms with Crippen molar-refractivity contribution in [2.24, 2.45) is 5.92 Å². The maximum Gasteiger partial charge on any atom is 0.251 e. The van der Waals surface area contributed by atoms with Crippen molar-refractivity contribution in [1.82, 2.24) is 5.32 Å². The van der Waals surface area contributed by atoms with Gasteiger partial charge >= 0.3 is 0 Å². The highest BCUT2D eigenvalue weighted by Gasteiger charge is 2.40. The summed E-state index contributed by atoms with van der Waals surface area (Å²) >= 11 is 0. The van der Waals surface area contributed by atoms with E-state index in [-0.39, 0.29) is 24.3 Å². The second kappa shape index (κ2) is 6.21. The van der Waals surface area contributed by atoms with Gasteiger partial charge in [0, 0.05) is 6.04 Å². The number of benzene rings is 1. The van der Waals surface area contributed by atoms with Gasteiger partial charge in [-0.15, -0.1) is 0 Å². The average molecular weight is 300 g/mol. The predicted molar refractivity (Wildman–Crippen MR) is 86.6 cm³/mol. The molecule has 1 saturated carbocycles. The van der Waals surface area contributed by atoms with Gasteiger partial charge in [0.15, 0.2) is 0 Å². The molecule has 1 heterocycles. The Kier molecular flexibility index (Phi) is 4.30. The lowest BCUT2D eigenvalue weighted by atomic mass is 9.87. The molecular weight excluding hydrogens is 276 g/mol. The summed E-state index contributed by atoms with van der Waals surface area (Å²) < 4.78 is 0. The summed E-state index contributed by atoms with van der Waals surface area (Å²) in [4.78, 5) is 26.2. The van der Waals surface area contributed by atoms with Crippen molar-refractivity contribution in [3.8, 4) is 0 Å². The zero-order valence-corrected chi connectivity index (χ0v) is 13.3. The van der Waals surface area contributed by atoms with E-state index in [0.717, 1.165) is 24.3 Å². The average Bonchev–Trinajstić information content (AvgIpc) is 2.77. The molecule has 1 unspecified atom stereocenters. The van der Waals surface area contributed by atoms with Crippen molar-refractivity contribution >= 4 is 17.5 Å². The van der Waals surface area contributed by atoms with Gasteiger partial charge < -0.3 is 5.32 Å². The summed E-state index contributed by atoms with van der Waals surface area (Å²) in [6.45, 7) is 4.27. The van der Waals surface area contributed by atoms with Crippen molar-refractivity contribution in [2.75, 3.05) is 4.90 Å². The van der Waals surface area contributed by atoms with Crippen LogP contribution in [0.5, 0.6) is 0 Å². The van der Waals surface area contributed by atoms with Crippen molar-refractivity contribution in [3.63, 3.8) is 0 Å². The fourth-order valence-corrected chi connectivity index (χ4v) is 3.44. The third-order valence-electron chi connectivity index (χ3n) is 4.89. The second-order valence-corrected chi connectivity index (χ2v) is 6.78. The van der Waals surface area contributed by atoms with Crippen molar-refractivity contribution in [3.05, 3.63) is 29.8 Å². The van der Waals surface area contributed by atoms with Crippen LogP contribution in [0.4, 0.5) is 5.69 Å². The van der Waals surface area contributed by atoms with Crippen LogP contribution in [0.25, 0.3) is 0 Å². The Morgan fingerprint density at radius 1 is 1.05 bits per heavy atom. The maximum absolute atomic E-state index is 12.6. The topological polar surface area (TPSA) is 49.4 Å². The molecule has 1 aromatic carbocycles. The molecule has 118 valence electrons. The highest BCUT2D eigenvalue weighted by atomic mass is 16.2. The Morgan fingerprint density at radius 2 is 1.68 bits per heavy atom. The molecule has 2 amide bonds. The highest BCUT2D eigenvalue weighted by molar-refractivity contribution is 6.22. The van der Waals surface area contributed by atoms with E-state index >= 15 is 0 Å². The van der Waals surface area contributed by atoms with Gasteiger partial charge in [0.2, 0.25) is 5.91 Å². The zero-order chi connectivity index (χ0) is 15.7. The molecular formula is C18H24N2O2. The van der Waals surface area contributed by atoms with Gasteiger partial charge in [-0.2, -0.15) is 0 Å². The number of nitrogens with one attached hydrogen (secondary N) is 1. The van der Waals surface area contributed by atoms with Gasteiger partial charge in [-0.3, -0.25) is 9.59 Å². The van der Waals surface area contributed by atoms with Crippen LogP contribution in [0, 0.1) is 12.8 Å². The molecule has 1 saturated heterocycles. The number of anilines is 1. The zero-order valence-electron chi connectivity index (χ0n) is 13.3. The first kappa shape index (κ1) is 15.2. The summed E-state index contributed by atoms with van der Waals surface area (Å²) in [7, 11) is 0. The quantitative estimate of drug-likeness (QED) is 0.873. The molecule has 1 aliphatic heterocycles. The summed E-state index contributed by atoms with van der Waals surface area (Å²) in [6.07, 6.45) is 4.88. The first-order valence-electron chi connectivity index (χ1n) is 8.24. The molecule has 0 radical (unpaired) electrons. The first-order valence-corrected chi connectivity index (χ1v) is 8.24. The van der Waals surface area contributed by atoms with Crippen LogP contribution in [0.2, 0.25) is 0 Å². The summed E-state index contributed by atoms with van der Waals surface area (Å²) in [5.74, 6) is 0.575. The molecule has 3 rings (SSSR count). The lowest BCUT2D eigenvalue weighted by molar-refractivity contribution is -0.121. The Bertz CT molecular complexity index is 559. The van der Waals surface area contributed by atoms with Gasteiger partial charge in [-0.05, 0) is 50.7 Å². The molecule has 1 atom stereocenters. The Hall–Kier alpha value is -1.68. The molecule has 0 aromatic heterocycles. The lowest BCUT2D eigenvalue weighted by Crippen LogP contribution is -2.45. The molecule has 1 aliphatic carbocycles. The second-order valence-electron chi connectivity index (χ2n) is 6.78. The number of aryl methyl sites for hydroxylation is 1. The molecule has 1 aromatic rings. The van der Waals surface area contributed by atoms with E-state index in [9.17, 15) is 9.59 Å². The van der Waals surface area contributed by atoms with Crippen LogP contribution in [0.1, 0.15) is 44.6 Å². The lowest BCUT2D eigenvalue weighted by Gasteiger charge is -2.28. The molecule has 1 N–H and O–H groups in total. The molecule has 2 fully saturated rings. The van der Waals surface area contributed by atoms with Gasteiger partial charge in [0.1, 0.15) is 0 Å². The predicted octanol–water partition coefficient (Wildman–Crippen LogP) is 2.80. The van der Waals surface area contributed by atoms with E-state index in [2.05, 4.69) is 12.2 Å². The van der Waals surface area contributed by atoms with Crippen molar-refractivity contribution < 1.29 is 9.59 Å². The van der Waals surface area contributed by atoms with Crippen molar-refractivity contribution in [2.45, 2.75) is 58.0 Å². The smallest absolute Gasteiger partial charge is 0.251 e. The standard InChI is InChI=1S/C18H24N2O2/c1-12-3-7-14(8-4-12)19-16-11-17(21)20(18(16)22)15-9-5-13(2)6-10-15/h5-6,9-10,12,14,16,19H,3-4,7-8,11H2,1-2H3. The Morgan fingerprint density at radius 3 is 2.32 bits per heavy atom. The SMILES string of the molecule is Cc1ccc(N2C(=O)CC(NC3CCC(C)CC3)C2=O)cc1. The molecule has 22 heavy (non-hydrogen) atoms. The van der Waals surface area contributed by atoms with Gasteiger partial charge in [-0.25, -0.2) is 4.90 Å². The van der Waals surface area contributed by atoms with E-state index in [1.54, 1.807) is 0 Å². The number of amides is 2. The Balaban J connectivity index is 1.67. The van der Waals surface area contributed by atoms with Gasteiger partial charge in [-0.1, -0.05) is 24.6 Å². The minimum atomic E-state index is -0.354. The number of imide groups is 1. The minimum absolute atomic E-state index is 0.101. The van der Waals surface area contributed by atoms with Crippen LogP contribution in [0.15, 0.2) is 24.3 Å². The summed E-state index contributed by atoms with van der Waals surface area (Å²) in [5, 5.41) is 3.42. The van der Waals surface area contributed by atoms with E-state index in [0.29, 0.717) is 11.7 Å². The van der Waals surface area contributed by atoms with Gasteiger partial charge in [0.05, 0.1) is 18.2 Å². The molecule has 4 heteroatoms. The summed E-state index contributed by atoms with van der Waals surface area (Å²) in [5.41, 5.74) is 1.80. The van der Waals surface area contributed by atoms with Gasteiger partial charge in [0.25, 0.3) is 5.91 Å². The number of carbonyl (C=O) groups is 2. The third kappa shape index (κ3) is 3.07. The van der Waals surface area contributed by atoms with E-state index in [4.69, 9.17) is 0 Å². The van der Waals surface area contributed by atoms with Crippen LogP contribution < -0.4 is 10.2 Å². The number of hydrogen-bond acceptors (Lipinski definition) is 3. The fraction of sp³-hybridized carbons (Fsp3) is 0.556. The molecule has 0 spiro atoms. The summed E-state index contributed by atoms with van der Waals surface area (Å²) in [6, 6.07) is 7.56. The normalized spacial score (nSPS) is 29.2. The van der Waals surface area contributed by atoms with E-state index in [1.165, 1.54) is 17.7 Å². The monoisotopic (exact) mass is 300 g/mol. The molecule has 4 nitrogen and oxygen atoms in total. The van der Waals surface area contributed by atoms with Crippen LogP contribution in [-0.2, 0) is 9.59 Å². The van der Waals surface area contributed by atoms with E-state index in [1.807, 2.05) is 31.2 Å². The first-order chi connectivity index (χ1) is 10.5. The molecule has 2 aliphatic rings. The number of rotatable bonds is 3. The van der Waals surface area contributed by atoms with Crippen LogP contribution >= 0.6 is 0 Å². The third-order valence-corrected chi connectivity index (χ3v) is 4.89. The Labute approximate surface area is 131 Å². The van der Waals surface area contributed by atoms with E-state index < -0.39 is 0 Å². The maximum atomic E-state index is 12.6. The number of hydrogen-bond donors (Lipinski definition) is 1. The largest absolute Gasteiger partial charge is 0.303 e. The minimum Gasteiger partial charge on any atom is -0.303 e. The highest BCUT2D eigenvalue weighted by Crippen LogP contribution is 2.27. The van der Waals surface area contributed by atoms with Crippen LogP contribution in [0.3, 0.4) is 0 Å². The number of nitrogens with zero attached hydrogens (tertiary/aromatic N) is 1. The van der Waals surface area contributed by atoms with Crippen LogP contribution in [-0.4, -0.2) is 23.9 Å².